The van der Waals surface area contributed by atoms with Crippen LogP contribution in [-0.4, -0.2) is 11.3 Å². The molecule has 0 aliphatic carbocycles. The first-order valence-corrected chi connectivity index (χ1v) is 4.81. The maximum absolute atomic E-state index is 11.9. The summed E-state index contributed by atoms with van der Waals surface area (Å²) in [4.78, 5) is 3.51. The van der Waals surface area contributed by atoms with Crippen LogP contribution in [0.5, 0.6) is 5.88 Å². The van der Waals surface area contributed by atoms with Crippen LogP contribution in [0.1, 0.15) is 5.69 Å². The van der Waals surface area contributed by atoms with Crippen LogP contribution in [0.15, 0.2) is 10.5 Å². The van der Waals surface area contributed by atoms with Crippen molar-refractivity contribution in [2.24, 2.45) is 5.73 Å². The molecule has 0 fully saturated rings. The van der Waals surface area contributed by atoms with E-state index in [0.717, 1.165) is 6.07 Å². The van der Waals surface area contributed by atoms with Gasteiger partial charge in [-0.05, 0) is 15.9 Å². The Hall–Kier alpha value is -0.530. The molecule has 0 unspecified atom stereocenters. The second kappa shape index (κ2) is 4.54. The zero-order valence-corrected chi connectivity index (χ0v) is 9.45. The second-order valence-corrected chi connectivity index (χ2v) is 3.69. The lowest BCUT2D eigenvalue weighted by molar-refractivity contribution is -0.276. The number of nitrogens with zero attached hydrogens (tertiary/aromatic N) is 1. The molecule has 0 atom stereocenters. The summed E-state index contributed by atoms with van der Waals surface area (Å²) in [5.41, 5.74) is 5.38. The van der Waals surface area contributed by atoms with E-state index in [1.807, 2.05) is 0 Å². The van der Waals surface area contributed by atoms with Gasteiger partial charge in [0, 0.05) is 17.1 Å². The van der Waals surface area contributed by atoms with Crippen molar-refractivity contribution in [3.63, 3.8) is 0 Å². The molecule has 0 aliphatic rings. The third-order valence-electron chi connectivity index (χ3n) is 1.37. The quantitative estimate of drug-likeness (QED) is 0.914. The predicted octanol–water partition coefficient (Wildman–Crippen LogP) is 2.85. The van der Waals surface area contributed by atoms with Crippen LogP contribution in [-0.2, 0) is 6.54 Å². The van der Waals surface area contributed by atoms with Gasteiger partial charge in [-0.2, -0.15) is 0 Å². The number of halogens is 5. The molecule has 15 heavy (non-hydrogen) atoms. The van der Waals surface area contributed by atoms with Gasteiger partial charge in [0.15, 0.2) is 0 Å². The number of aromatic nitrogens is 1. The van der Waals surface area contributed by atoms with Crippen LogP contribution in [0.2, 0.25) is 5.02 Å². The Morgan fingerprint density at radius 3 is 2.60 bits per heavy atom. The van der Waals surface area contributed by atoms with Crippen molar-refractivity contribution in [3.05, 3.63) is 21.3 Å². The van der Waals surface area contributed by atoms with Gasteiger partial charge in [0.05, 0.1) is 10.7 Å². The van der Waals surface area contributed by atoms with Crippen molar-refractivity contribution in [2.75, 3.05) is 0 Å². The smallest absolute Gasteiger partial charge is 0.388 e. The molecular formula is C7H5BrClF3N2O. The first-order valence-electron chi connectivity index (χ1n) is 3.64. The van der Waals surface area contributed by atoms with Crippen LogP contribution < -0.4 is 10.5 Å². The number of hydrogen-bond donors (Lipinski definition) is 1. The van der Waals surface area contributed by atoms with Crippen molar-refractivity contribution in [3.8, 4) is 5.88 Å². The highest BCUT2D eigenvalue weighted by Gasteiger charge is 2.32. The Labute approximate surface area is 96.5 Å². The normalized spacial score (nSPS) is 11.6. The number of nitrogens with two attached hydrogens (primary N) is 1. The fraction of sp³-hybridized carbons (Fsp3) is 0.286. The summed E-state index contributed by atoms with van der Waals surface area (Å²) in [7, 11) is 0. The summed E-state index contributed by atoms with van der Waals surface area (Å²) >= 11 is 8.68. The number of hydrogen-bond acceptors (Lipinski definition) is 3. The molecule has 0 saturated heterocycles. The lowest BCUT2D eigenvalue weighted by atomic mass is 10.3. The van der Waals surface area contributed by atoms with E-state index in [9.17, 15) is 13.2 Å². The van der Waals surface area contributed by atoms with Gasteiger partial charge in [0.1, 0.15) is 0 Å². The molecule has 3 nitrogen and oxygen atoms in total. The maximum Gasteiger partial charge on any atom is 0.574 e. The third kappa shape index (κ3) is 3.51. The molecule has 2 N–H and O–H groups in total. The van der Waals surface area contributed by atoms with Gasteiger partial charge < -0.3 is 10.5 Å². The van der Waals surface area contributed by atoms with E-state index in [0.29, 0.717) is 0 Å². The van der Waals surface area contributed by atoms with E-state index < -0.39 is 12.2 Å². The minimum absolute atomic E-state index is 0.0769. The number of rotatable bonds is 2. The van der Waals surface area contributed by atoms with Crippen molar-refractivity contribution in [2.45, 2.75) is 12.9 Å². The molecule has 8 heteroatoms. The van der Waals surface area contributed by atoms with E-state index in [1.165, 1.54) is 0 Å². The van der Waals surface area contributed by atoms with Gasteiger partial charge in [0.25, 0.3) is 0 Å². The van der Waals surface area contributed by atoms with E-state index in [4.69, 9.17) is 17.3 Å². The van der Waals surface area contributed by atoms with Crippen molar-refractivity contribution >= 4 is 27.5 Å². The van der Waals surface area contributed by atoms with E-state index in [1.54, 1.807) is 0 Å². The number of pyridine rings is 1. The Bertz CT molecular complexity index is 372. The van der Waals surface area contributed by atoms with Gasteiger partial charge in [-0.1, -0.05) is 11.6 Å². The Balaban J connectivity index is 3.06. The van der Waals surface area contributed by atoms with Gasteiger partial charge in [-0.3, -0.25) is 0 Å². The highest BCUT2D eigenvalue weighted by molar-refractivity contribution is 9.10. The van der Waals surface area contributed by atoms with Gasteiger partial charge >= 0.3 is 6.36 Å². The summed E-state index contributed by atoms with van der Waals surface area (Å²) in [5.74, 6) is -0.598. The SMILES string of the molecule is NCc1nc(OC(F)(F)F)cc(Br)c1Cl. The molecule has 0 amide bonds. The second-order valence-electron chi connectivity index (χ2n) is 2.45. The Morgan fingerprint density at radius 1 is 1.53 bits per heavy atom. The van der Waals surface area contributed by atoms with E-state index >= 15 is 0 Å². The van der Waals surface area contributed by atoms with Crippen molar-refractivity contribution in [1.29, 1.82) is 0 Å². The molecule has 0 spiro atoms. The summed E-state index contributed by atoms with van der Waals surface area (Å²) < 4.78 is 39.5. The van der Waals surface area contributed by atoms with Crippen LogP contribution in [0.3, 0.4) is 0 Å². The average Bonchev–Trinajstić information content (AvgIpc) is 2.08. The first-order chi connectivity index (χ1) is 6.83. The first kappa shape index (κ1) is 12.5. The summed E-state index contributed by atoms with van der Waals surface area (Å²) in [6.45, 7) is -0.0769. The van der Waals surface area contributed by atoms with Crippen LogP contribution in [0, 0.1) is 0 Å². The van der Waals surface area contributed by atoms with E-state index in [-0.39, 0.29) is 21.7 Å². The zero-order chi connectivity index (χ0) is 11.6. The molecule has 0 aromatic carbocycles. The maximum atomic E-state index is 11.9. The number of alkyl halides is 3. The topological polar surface area (TPSA) is 48.1 Å². The molecule has 0 radical (unpaired) electrons. The monoisotopic (exact) mass is 304 g/mol. The molecular weight excluding hydrogens is 300 g/mol. The van der Waals surface area contributed by atoms with Crippen molar-refractivity contribution < 1.29 is 17.9 Å². The molecule has 1 aromatic heterocycles. The lowest BCUT2D eigenvalue weighted by Gasteiger charge is -2.10. The fourth-order valence-corrected chi connectivity index (χ4v) is 1.43. The lowest BCUT2D eigenvalue weighted by Crippen LogP contribution is -2.18. The Kier molecular flexibility index (Phi) is 3.80. The molecule has 0 bridgehead atoms. The minimum Gasteiger partial charge on any atom is -0.388 e. The molecule has 84 valence electrons. The van der Waals surface area contributed by atoms with Gasteiger partial charge in [0.2, 0.25) is 5.88 Å². The van der Waals surface area contributed by atoms with Crippen LogP contribution >= 0.6 is 27.5 Å². The summed E-state index contributed by atoms with van der Waals surface area (Å²) in [5, 5.41) is 0.173. The van der Waals surface area contributed by atoms with E-state index in [2.05, 4.69) is 25.7 Å². The summed E-state index contributed by atoms with van der Waals surface area (Å²) in [6.07, 6.45) is -4.79. The minimum atomic E-state index is -4.79. The molecule has 0 aliphatic heterocycles. The standard InChI is InChI=1S/C7H5BrClF3N2O/c8-3-1-5(15-7(10,11)12)14-4(2-13)6(3)9/h1H,2,13H2. The van der Waals surface area contributed by atoms with Gasteiger partial charge in [-0.25, -0.2) is 4.98 Å². The third-order valence-corrected chi connectivity index (χ3v) is 2.65. The summed E-state index contributed by atoms with van der Waals surface area (Å²) in [6, 6.07) is 1.02. The molecule has 1 rings (SSSR count). The molecule has 1 heterocycles. The van der Waals surface area contributed by atoms with Crippen molar-refractivity contribution in [1.82, 2.24) is 4.98 Å². The fourth-order valence-electron chi connectivity index (χ4n) is 0.830. The number of ether oxygens (including phenoxy) is 1. The predicted molar refractivity (Wildman–Crippen MR) is 51.5 cm³/mol. The zero-order valence-electron chi connectivity index (χ0n) is 7.11. The average molecular weight is 305 g/mol. The Morgan fingerprint density at radius 2 is 2.13 bits per heavy atom. The van der Waals surface area contributed by atoms with Crippen LogP contribution in [0.25, 0.3) is 0 Å². The van der Waals surface area contributed by atoms with Crippen LogP contribution in [0.4, 0.5) is 13.2 Å². The highest BCUT2D eigenvalue weighted by atomic mass is 79.9. The highest BCUT2D eigenvalue weighted by Crippen LogP contribution is 2.30. The molecule has 1 aromatic rings. The molecule has 0 saturated carbocycles. The van der Waals surface area contributed by atoms with Gasteiger partial charge in [-0.15, -0.1) is 13.2 Å². The largest absolute Gasteiger partial charge is 0.574 e.